The molecule has 5 heteroatoms. The minimum atomic E-state index is 0. The summed E-state index contributed by atoms with van der Waals surface area (Å²) in [5.74, 6) is 0. The summed E-state index contributed by atoms with van der Waals surface area (Å²) in [5.41, 5.74) is 2.43. The van der Waals surface area contributed by atoms with E-state index in [2.05, 4.69) is 86.5 Å². The van der Waals surface area contributed by atoms with E-state index in [-0.39, 0.29) is 36.8 Å². The molecule has 0 saturated heterocycles. The molecule has 0 aliphatic heterocycles. The summed E-state index contributed by atoms with van der Waals surface area (Å²) >= 11 is 0. The zero-order valence-electron chi connectivity index (χ0n) is 24.8. The lowest BCUT2D eigenvalue weighted by molar-refractivity contribution is -0.0898. The van der Waals surface area contributed by atoms with Crippen molar-refractivity contribution in [2.75, 3.05) is 20.2 Å². The van der Waals surface area contributed by atoms with E-state index in [0.717, 1.165) is 26.0 Å². The molecule has 0 radical (unpaired) electrons. The van der Waals surface area contributed by atoms with E-state index >= 15 is 0 Å². The van der Waals surface area contributed by atoms with Crippen molar-refractivity contribution in [3.8, 4) is 0 Å². The van der Waals surface area contributed by atoms with Gasteiger partial charge in [-0.2, -0.15) is 0 Å². The summed E-state index contributed by atoms with van der Waals surface area (Å²) in [5, 5.41) is 0. The first-order valence-corrected chi connectivity index (χ1v) is 15.4. The summed E-state index contributed by atoms with van der Waals surface area (Å²) in [7, 11) is 2.26. The SMILES string of the molecule is CCCCCCCO[C@H]1[C@H](N(C)CCCCCCC)[C@@H](OCc2ccccc2)C[C@H]1OCc1ccccc1.Cl. The number of rotatable bonds is 20. The molecule has 0 unspecified atom stereocenters. The largest absolute Gasteiger partial charge is 0.374 e. The summed E-state index contributed by atoms with van der Waals surface area (Å²) in [6, 6.07) is 21.2. The molecule has 0 bridgehead atoms. The van der Waals surface area contributed by atoms with Crippen LogP contribution < -0.4 is 0 Å². The summed E-state index contributed by atoms with van der Waals surface area (Å²) in [4.78, 5) is 2.51. The van der Waals surface area contributed by atoms with Crippen molar-refractivity contribution in [2.24, 2.45) is 0 Å². The summed E-state index contributed by atoms with van der Waals surface area (Å²) < 4.78 is 19.9. The highest BCUT2D eigenvalue weighted by Gasteiger charge is 2.47. The Hall–Kier alpha value is -1.43. The first-order valence-electron chi connectivity index (χ1n) is 15.4. The number of hydrogen-bond acceptors (Lipinski definition) is 4. The number of benzene rings is 2. The lowest BCUT2D eigenvalue weighted by Crippen LogP contribution is -2.48. The third-order valence-corrected chi connectivity index (χ3v) is 7.84. The van der Waals surface area contributed by atoms with Crippen LogP contribution in [0, 0.1) is 0 Å². The van der Waals surface area contributed by atoms with E-state index in [1.54, 1.807) is 0 Å². The first kappa shape index (κ1) is 33.8. The maximum Gasteiger partial charge on any atom is 0.102 e. The van der Waals surface area contributed by atoms with Gasteiger partial charge in [0.15, 0.2) is 0 Å². The van der Waals surface area contributed by atoms with Crippen LogP contribution in [0.1, 0.15) is 95.6 Å². The molecule has 2 aromatic carbocycles. The van der Waals surface area contributed by atoms with Crippen LogP contribution in [0.15, 0.2) is 60.7 Å². The average Bonchev–Trinajstić information content (AvgIpc) is 3.30. The number of halogens is 1. The molecular formula is C34H54ClNO3. The van der Waals surface area contributed by atoms with Crippen molar-refractivity contribution in [2.45, 2.75) is 122 Å². The van der Waals surface area contributed by atoms with Gasteiger partial charge in [0.25, 0.3) is 0 Å². The maximum atomic E-state index is 6.70. The predicted octanol–water partition coefficient (Wildman–Crippen LogP) is 8.61. The van der Waals surface area contributed by atoms with E-state index in [1.807, 2.05) is 0 Å². The second-order valence-electron chi connectivity index (χ2n) is 11.0. The molecular weight excluding hydrogens is 506 g/mol. The van der Waals surface area contributed by atoms with Gasteiger partial charge in [-0.3, -0.25) is 4.90 Å². The molecule has 1 fully saturated rings. The molecule has 3 rings (SSSR count). The molecule has 0 N–H and O–H groups in total. The fraction of sp³-hybridized carbons (Fsp3) is 0.647. The monoisotopic (exact) mass is 559 g/mol. The third kappa shape index (κ3) is 12.3. The molecule has 4 atom stereocenters. The van der Waals surface area contributed by atoms with E-state index in [9.17, 15) is 0 Å². The molecule has 1 aliphatic rings. The normalized spacial score (nSPS) is 20.8. The van der Waals surface area contributed by atoms with Gasteiger partial charge in [-0.1, -0.05) is 126 Å². The van der Waals surface area contributed by atoms with Crippen LogP contribution in [0.4, 0.5) is 0 Å². The molecule has 1 aliphatic carbocycles. The van der Waals surface area contributed by atoms with Gasteiger partial charge in [0, 0.05) is 13.0 Å². The highest BCUT2D eigenvalue weighted by atomic mass is 35.5. The van der Waals surface area contributed by atoms with Crippen molar-refractivity contribution in [3.63, 3.8) is 0 Å². The Balaban J connectivity index is 0.00000533. The van der Waals surface area contributed by atoms with E-state index in [4.69, 9.17) is 14.2 Å². The maximum absolute atomic E-state index is 6.70. The van der Waals surface area contributed by atoms with Crippen molar-refractivity contribution in [3.05, 3.63) is 71.8 Å². The Morgan fingerprint density at radius 1 is 0.641 bits per heavy atom. The number of hydrogen-bond donors (Lipinski definition) is 0. The van der Waals surface area contributed by atoms with Crippen molar-refractivity contribution >= 4 is 12.4 Å². The molecule has 39 heavy (non-hydrogen) atoms. The van der Waals surface area contributed by atoms with Crippen molar-refractivity contribution in [1.82, 2.24) is 4.90 Å². The van der Waals surface area contributed by atoms with Crippen LogP contribution in [0.2, 0.25) is 0 Å². The topological polar surface area (TPSA) is 30.9 Å². The fourth-order valence-electron chi connectivity index (χ4n) is 5.60. The fourth-order valence-corrected chi connectivity index (χ4v) is 5.60. The number of likely N-dealkylation sites (N-methyl/N-ethyl adjacent to an activating group) is 1. The second kappa shape index (κ2) is 20.4. The van der Waals surface area contributed by atoms with Gasteiger partial charge < -0.3 is 14.2 Å². The molecule has 0 aromatic heterocycles. The van der Waals surface area contributed by atoms with Gasteiger partial charge in [0.1, 0.15) is 6.10 Å². The number of nitrogens with zero attached hydrogens (tertiary/aromatic N) is 1. The summed E-state index contributed by atoms with van der Waals surface area (Å²) in [6.07, 6.45) is 13.7. The third-order valence-electron chi connectivity index (χ3n) is 7.84. The molecule has 0 spiro atoms. The Kier molecular flexibility index (Phi) is 17.7. The minimum Gasteiger partial charge on any atom is -0.374 e. The zero-order chi connectivity index (χ0) is 26.8. The van der Waals surface area contributed by atoms with Crippen LogP contribution in [0.3, 0.4) is 0 Å². The Labute approximate surface area is 245 Å². The number of ether oxygens (including phenoxy) is 3. The van der Waals surface area contributed by atoms with Crippen LogP contribution in [-0.4, -0.2) is 49.5 Å². The zero-order valence-corrected chi connectivity index (χ0v) is 25.6. The van der Waals surface area contributed by atoms with Gasteiger partial charge in [0.05, 0.1) is 31.5 Å². The van der Waals surface area contributed by atoms with Gasteiger partial charge >= 0.3 is 0 Å². The van der Waals surface area contributed by atoms with Gasteiger partial charge in [-0.05, 0) is 37.6 Å². The molecule has 220 valence electrons. The van der Waals surface area contributed by atoms with E-state index in [1.165, 1.54) is 68.9 Å². The summed E-state index contributed by atoms with van der Waals surface area (Å²) in [6.45, 7) is 7.65. The first-order chi connectivity index (χ1) is 18.7. The van der Waals surface area contributed by atoms with E-state index < -0.39 is 0 Å². The van der Waals surface area contributed by atoms with Gasteiger partial charge in [0.2, 0.25) is 0 Å². The van der Waals surface area contributed by atoms with Crippen LogP contribution in [-0.2, 0) is 27.4 Å². The standard InChI is InChI=1S/C34H53NO3.ClH/c1-4-6-8-10-18-24-35(3)33-31(37-27-29-20-14-12-15-21-29)26-32(38-28-30-22-16-13-17-23-30)34(33)36-25-19-11-9-7-5-2;/h12-17,20-23,31-34H,4-11,18-19,24-28H2,1-3H3;1H/t31-,32+,33+,34+;/m0./s1. The smallest absolute Gasteiger partial charge is 0.102 e. The van der Waals surface area contributed by atoms with Crippen LogP contribution in [0.5, 0.6) is 0 Å². The molecule has 2 aromatic rings. The van der Waals surface area contributed by atoms with Crippen molar-refractivity contribution in [1.29, 1.82) is 0 Å². The molecule has 0 heterocycles. The average molecular weight is 560 g/mol. The second-order valence-corrected chi connectivity index (χ2v) is 11.0. The lowest BCUT2D eigenvalue weighted by Gasteiger charge is -2.34. The van der Waals surface area contributed by atoms with Gasteiger partial charge in [-0.15, -0.1) is 12.4 Å². The molecule has 1 saturated carbocycles. The molecule has 4 nitrogen and oxygen atoms in total. The highest BCUT2D eigenvalue weighted by Crippen LogP contribution is 2.33. The minimum absolute atomic E-state index is 0. The van der Waals surface area contributed by atoms with Crippen LogP contribution in [0.25, 0.3) is 0 Å². The number of unbranched alkanes of at least 4 members (excludes halogenated alkanes) is 8. The Morgan fingerprint density at radius 3 is 1.72 bits per heavy atom. The van der Waals surface area contributed by atoms with Crippen LogP contribution >= 0.6 is 12.4 Å². The quantitative estimate of drug-likeness (QED) is 0.152. The molecule has 0 amide bonds. The van der Waals surface area contributed by atoms with E-state index in [0.29, 0.717) is 13.2 Å². The lowest BCUT2D eigenvalue weighted by atomic mass is 10.1. The van der Waals surface area contributed by atoms with Crippen molar-refractivity contribution < 1.29 is 14.2 Å². The van der Waals surface area contributed by atoms with Gasteiger partial charge in [-0.25, -0.2) is 0 Å². The Morgan fingerprint density at radius 2 is 1.15 bits per heavy atom. The Bertz CT molecular complexity index is 837. The predicted molar refractivity (Wildman–Crippen MR) is 166 cm³/mol. The highest BCUT2D eigenvalue weighted by molar-refractivity contribution is 5.85.